The number of carbonyl (C=O) groups excluding carboxylic acids is 7. The second kappa shape index (κ2) is 30.6. The number of hydrogen-bond donors (Lipinski definition) is 9. The van der Waals surface area contributed by atoms with Gasteiger partial charge in [-0.05, 0) is 49.4 Å². The highest BCUT2D eigenvalue weighted by atomic mass is 127. The maximum absolute atomic E-state index is 13.6. The van der Waals surface area contributed by atoms with Gasteiger partial charge in [-0.1, -0.05) is 113 Å². The first-order chi connectivity index (χ1) is 27.5. The van der Waals surface area contributed by atoms with Crippen LogP contribution in [0, 0.1) is 29.6 Å². The van der Waals surface area contributed by atoms with E-state index in [2.05, 4.69) is 37.2 Å². The average molecular weight is 988 g/mol. The highest BCUT2D eigenvalue weighted by Crippen LogP contribution is 2.19. The number of halogens is 1. The van der Waals surface area contributed by atoms with Crippen LogP contribution in [0.5, 0.6) is 0 Å². The van der Waals surface area contributed by atoms with E-state index in [1.54, 1.807) is 49.3 Å². The van der Waals surface area contributed by atoms with Crippen molar-refractivity contribution in [2.75, 3.05) is 29.0 Å². The van der Waals surface area contributed by atoms with Crippen molar-refractivity contribution in [1.29, 1.82) is 0 Å². The molecule has 0 aliphatic heterocycles. The number of aliphatic hydroxyl groups excluding tert-OH is 2. The highest BCUT2D eigenvalue weighted by molar-refractivity contribution is 14.1. The Kier molecular flexibility index (Phi) is 29.4. The van der Waals surface area contributed by atoms with Gasteiger partial charge in [0, 0.05) is 31.0 Å². The summed E-state index contributed by atoms with van der Waals surface area (Å²) in [5.74, 6) is -1.97. The van der Waals surface area contributed by atoms with E-state index in [1.165, 1.54) is 6.92 Å². The van der Waals surface area contributed by atoms with Gasteiger partial charge in [0.1, 0.15) is 18.1 Å². The molecule has 16 nitrogen and oxygen atoms in total. The van der Waals surface area contributed by atoms with Gasteiger partial charge in [0.05, 0.1) is 41.6 Å². The molecular formula is C40H74IN7O9S2. The summed E-state index contributed by atoms with van der Waals surface area (Å²) in [6.07, 6.45) is -2.25. The fraction of sp³-hybridized carbons (Fsp3) is 0.825. The fourth-order valence-corrected chi connectivity index (χ4v) is 7.95. The van der Waals surface area contributed by atoms with E-state index in [-0.39, 0.29) is 60.2 Å². The Morgan fingerprint density at radius 1 is 0.492 bits per heavy atom. The summed E-state index contributed by atoms with van der Waals surface area (Å²) in [6.45, 7) is 21.0. The van der Waals surface area contributed by atoms with E-state index in [0.29, 0.717) is 36.1 Å². The molecule has 59 heavy (non-hydrogen) atoms. The Balaban J connectivity index is 5.38. The molecule has 0 aromatic carbocycles. The quantitative estimate of drug-likeness (QED) is 0.0219. The van der Waals surface area contributed by atoms with Gasteiger partial charge < -0.3 is 47.4 Å². The summed E-state index contributed by atoms with van der Waals surface area (Å²) in [6, 6.07) is -4.54. The van der Waals surface area contributed by atoms with E-state index >= 15 is 0 Å². The molecule has 0 spiro atoms. The molecule has 0 aliphatic carbocycles. The minimum atomic E-state index is -1.34. The smallest absolute Gasteiger partial charge is 0.243 e. The van der Waals surface area contributed by atoms with Crippen molar-refractivity contribution in [1.82, 2.24) is 37.2 Å². The topological polar surface area (TPSA) is 244 Å². The Morgan fingerprint density at radius 3 is 1.34 bits per heavy atom. The number of hydrogen-bond acceptors (Lipinski definition) is 11. The molecule has 0 heterocycles. The number of amides is 7. The number of nitrogens with one attached hydrogen (secondary N) is 7. The zero-order chi connectivity index (χ0) is 45.4. The van der Waals surface area contributed by atoms with Crippen LogP contribution in [0.15, 0.2) is 0 Å². The lowest BCUT2D eigenvalue weighted by Crippen LogP contribution is -2.59. The van der Waals surface area contributed by atoms with Crippen molar-refractivity contribution < 1.29 is 43.8 Å². The van der Waals surface area contributed by atoms with Crippen molar-refractivity contribution >= 4 is 85.5 Å². The third-order valence-electron chi connectivity index (χ3n) is 8.92. The van der Waals surface area contributed by atoms with E-state index < -0.39 is 72.5 Å². The van der Waals surface area contributed by atoms with E-state index in [4.69, 9.17) is 0 Å². The molecule has 0 aromatic heterocycles. The summed E-state index contributed by atoms with van der Waals surface area (Å²) in [5.41, 5.74) is 0. The number of carbonyl (C=O) groups is 7. The average Bonchev–Trinajstić information content (AvgIpc) is 3.11. The molecule has 19 heteroatoms. The van der Waals surface area contributed by atoms with Crippen molar-refractivity contribution in [3.8, 4) is 0 Å². The first-order valence-corrected chi connectivity index (χ1v) is 24.7. The first-order valence-electron chi connectivity index (χ1n) is 20.7. The number of rotatable bonds is 30. The van der Waals surface area contributed by atoms with Crippen molar-refractivity contribution in [2.45, 2.75) is 151 Å². The largest absolute Gasteiger partial charge is 0.390 e. The lowest BCUT2D eigenvalue weighted by molar-refractivity contribution is -0.134. The van der Waals surface area contributed by atoms with Gasteiger partial charge in [-0.3, -0.25) is 33.6 Å². The highest BCUT2D eigenvalue weighted by Gasteiger charge is 2.34. The Morgan fingerprint density at radius 2 is 0.898 bits per heavy atom. The van der Waals surface area contributed by atoms with Gasteiger partial charge in [0.2, 0.25) is 41.4 Å². The van der Waals surface area contributed by atoms with Crippen LogP contribution in [0.2, 0.25) is 0 Å². The lowest BCUT2D eigenvalue weighted by atomic mass is 9.95. The molecule has 9 N–H and O–H groups in total. The predicted octanol–water partition coefficient (Wildman–Crippen LogP) is 2.43. The fourth-order valence-electron chi connectivity index (χ4n) is 5.87. The van der Waals surface area contributed by atoms with Crippen LogP contribution in [0.1, 0.15) is 108 Å². The molecule has 0 fully saturated rings. The van der Waals surface area contributed by atoms with Crippen molar-refractivity contribution in [3.05, 3.63) is 0 Å². The van der Waals surface area contributed by atoms with Crippen molar-refractivity contribution in [2.24, 2.45) is 29.6 Å². The third-order valence-corrected chi connectivity index (χ3v) is 12.0. The van der Waals surface area contributed by atoms with Crippen LogP contribution in [0.3, 0.4) is 0 Å². The molecule has 0 unspecified atom stereocenters. The second-order valence-electron chi connectivity index (χ2n) is 16.9. The molecule has 0 saturated carbocycles. The van der Waals surface area contributed by atoms with E-state index in [1.807, 2.05) is 64.1 Å². The molecule has 0 saturated heterocycles. The molecule has 342 valence electrons. The minimum absolute atomic E-state index is 0.0114. The molecule has 0 aliphatic rings. The number of alkyl halides is 1. The Bertz CT molecular complexity index is 1330. The first kappa shape index (κ1) is 56.6. The van der Waals surface area contributed by atoms with Crippen LogP contribution in [-0.4, -0.2) is 123 Å². The standard InChI is InChI=1S/C40H74IN7O9S2/c1-22(2)16-28(30(49)19-32(51)42-12-14-58-59-15-13-43-35(54)21-41)45-38(55)27(11)44-34(53)20-31(50)29(17-23(3)4)46-39(56)37(26(9)10)48-40(57)36(25(7)8)47-33(52)18-24(5)6/h22-31,36-37,49-50H,12-21H2,1-11H3,(H,42,51)(H,43,54)(H,44,53)(H,45,55)(H,46,56)(H,47,52)(H,48,57)/t27-,28-,29-,30-,31-,36-,37-/m0/s1. The molecule has 0 rings (SSSR count). The monoisotopic (exact) mass is 987 g/mol. The summed E-state index contributed by atoms with van der Waals surface area (Å²) in [7, 11) is 3.14. The van der Waals surface area contributed by atoms with Crippen LogP contribution in [-0.2, 0) is 33.6 Å². The lowest BCUT2D eigenvalue weighted by Gasteiger charge is -2.31. The van der Waals surface area contributed by atoms with Crippen LogP contribution >= 0.6 is 44.2 Å². The van der Waals surface area contributed by atoms with Crippen molar-refractivity contribution in [3.63, 3.8) is 0 Å². The maximum Gasteiger partial charge on any atom is 0.243 e. The van der Waals surface area contributed by atoms with Gasteiger partial charge in [0.15, 0.2) is 0 Å². The predicted molar refractivity (Wildman–Crippen MR) is 244 cm³/mol. The Hall–Kier alpha value is -2.36. The zero-order valence-electron chi connectivity index (χ0n) is 36.9. The van der Waals surface area contributed by atoms with Crippen LogP contribution in [0.25, 0.3) is 0 Å². The van der Waals surface area contributed by atoms with Gasteiger partial charge in [0.25, 0.3) is 0 Å². The maximum atomic E-state index is 13.6. The molecule has 7 amide bonds. The van der Waals surface area contributed by atoms with Gasteiger partial charge >= 0.3 is 0 Å². The van der Waals surface area contributed by atoms with Crippen LogP contribution < -0.4 is 37.2 Å². The summed E-state index contributed by atoms with van der Waals surface area (Å²) < 4.78 is 0.410. The normalized spacial score (nSPS) is 15.2. The minimum Gasteiger partial charge on any atom is -0.390 e. The summed E-state index contributed by atoms with van der Waals surface area (Å²) in [4.78, 5) is 89.7. The molecule has 0 bridgehead atoms. The van der Waals surface area contributed by atoms with E-state index in [9.17, 15) is 43.8 Å². The molecule has 0 radical (unpaired) electrons. The SMILES string of the molecule is CC(C)CC(=O)N[C@H](C(=O)N[C@H](C(=O)N[C@@H](CC(C)C)[C@@H](O)CC(=O)N[C@@H](C)C(=O)N[C@@H](CC(C)C)[C@@H](O)CC(=O)NCCSSCCNC(=O)CI)C(C)C)C(C)C. The van der Waals surface area contributed by atoms with Gasteiger partial charge in [-0.25, -0.2) is 0 Å². The molecular weight excluding hydrogens is 914 g/mol. The summed E-state index contributed by atoms with van der Waals surface area (Å²) in [5, 5.41) is 41.5. The van der Waals surface area contributed by atoms with E-state index in [0.717, 1.165) is 5.75 Å². The molecule has 7 atom stereocenters. The zero-order valence-corrected chi connectivity index (χ0v) is 40.7. The number of aliphatic hydroxyl groups is 2. The Labute approximate surface area is 373 Å². The van der Waals surface area contributed by atoms with Crippen LogP contribution in [0.4, 0.5) is 0 Å². The second-order valence-corrected chi connectivity index (χ2v) is 20.4. The third kappa shape index (κ3) is 25.9. The van der Waals surface area contributed by atoms with Gasteiger partial charge in [-0.15, -0.1) is 0 Å². The van der Waals surface area contributed by atoms with Gasteiger partial charge in [-0.2, -0.15) is 0 Å². The molecule has 0 aromatic rings. The summed E-state index contributed by atoms with van der Waals surface area (Å²) >= 11 is 2.00.